The zero-order valence-corrected chi connectivity index (χ0v) is 18.9. The van der Waals surface area contributed by atoms with Gasteiger partial charge in [-0.25, -0.2) is 0 Å². The standard InChI is InChI=1S/C27H29N3O3/c1-33-22-9-10-25-23(17-22)24(18-28-25)20-12-15-29(16-13-20)26(31)11-6-19-4-7-21(8-5-19)30-14-2-3-27(30)32/h4-11,17-18,20,28H,2-3,12-16H2,1H3/b11-6+. The predicted octanol–water partition coefficient (Wildman–Crippen LogP) is 4.72. The van der Waals surface area contributed by atoms with E-state index in [0.717, 1.165) is 61.4 Å². The molecule has 2 aliphatic rings. The summed E-state index contributed by atoms with van der Waals surface area (Å²) in [5.41, 5.74) is 4.31. The number of H-pyrrole nitrogens is 1. The van der Waals surface area contributed by atoms with Crippen LogP contribution in [0.5, 0.6) is 5.75 Å². The van der Waals surface area contributed by atoms with Gasteiger partial charge in [-0.1, -0.05) is 12.1 Å². The summed E-state index contributed by atoms with van der Waals surface area (Å²) >= 11 is 0. The Kier molecular flexibility index (Phi) is 5.90. The van der Waals surface area contributed by atoms with Gasteiger partial charge in [0.1, 0.15) is 5.75 Å². The van der Waals surface area contributed by atoms with Crippen molar-refractivity contribution in [2.45, 2.75) is 31.6 Å². The number of fused-ring (bicyclic) bond motifs is 1. The lowest BCUT2D eigenvalue weighted by atomic mass is 9.89. The lowest BCUT2D eigenvalue weighted by molar-refractivity contribution is -0.127. The van der Waals surface area contributed by atoms with Gasteiger partial charge in [0, 0.05) is 54.9 Å². The summed E-state index contributed by atoms with van der Waals surface area (Å²) in [4.78, 5) is 31.8. The maximum atomic E-state index is 12.7. The third kappa shape index (κ3) is 4.38. The minimum absolute atomic E-state index is 0.0489. The second-order valence-corrected chi connectivity index (χ2v) is 8.83. The lowest BCUT2D eigenvalue weighted by Gasteiger charge is -2.31. The first-order valence-electron chi connectivity index (χ1n) is 11.6. The third-order valence-electron chi connectivity index (χ3n) is 6.86. The van der Waals surface area contributed by atoms with Gasteiger partial charge in [0.2, 0.25) is 11.8 Å². The van der Waals surface area contributed by atoms with Crippen LogP contribution in [0.1, 0.15) is 42.7 Å². The van der Waals surface area contributed by atoms with Crippen LogP contribution in [0.25, 0.3) is 17.0 Å². The minimum Gasteiger partial charge on any atom is -0.497 e. The molecule has 3 aromatic rings. The van der Waals surface area contributed by atoms with E-state index in [9.17, 15) is 9.59 Å². The number of amides is 2. The van der Waals surface area contributed by atoms with Gasteiger partial charge in [-0.05, 0) is 72.7 Å². The largest absolute Gasteiger partial charge is 0.497 e. The number of benzene rings is 2. The van der Waals surface area contributed by atoms with E-state index in [1.54, 1.807) is 13.2 Å². The van der Waals surface area contributed by atoms with Crippen LogP contribution in [0, 0.1) is 0 Å². The molecule has 0 radical (unpaired) electrons. The number of carbonyl (C=O) groups excluding carboxylic acids is 2. The molecule has 2 amide bonds. The molecule has 0 atom stereocenters. The van der Waals surface area contributed by atoms with Crippen molar-refractivity contribution < 1.29 is 14.3 Å². The van der Waals surface area contributed by atoms with Crippen molar-refractivity contribution in [1.29, 1.82) is 0 Å². The van der Waals surface area contributed by atoms with Gasteiger partial charge < -0.3 is 19.5 Å². The zero-order chi connectivity index (χ0) is 22.8. The van der Waals surface area contributed by atoms with Crippen molar-refractivity contribution in [1.82, 2.24) is 9.88 Å². The Morgan fingerprint density at radius 3 is 2.58 bits per heavy atom. The quantitative estimate of drug-likeness (QED) is 0.580. The van der Waals surface area contributed by atoms with E-state index in [0.29, 0.717) is 12.3 Å². The van der Waals surface area contributed by atoms with Crippen molar-refractivity contribution in [2.75, 3.05) is 31.6 Å². The molecule has 2 fully saturated rings. The van der Waals surface area contributed by atoms with E-state index < -0.39 is 0 Å². The molecule has 2 aliphatic heterocycles. The van der Waals surface area contributed by atoms with E-state index in [-0.39, 0.29) is 11.8 Å². The molecule has 0 unspecified atom stereocenters. The SMILES string of the molecule is COc1ccc2[nH]cc(C3CCN(C(=O)/C=C/c4ccc(N5CCCC5=O)cc4)CC3)c2c1. The van der Waals surface area contributed by atoms with Crippen LogP contribution in [0.3, 0.4) is 0 Å². The predicted molar refractivity (Wildman–Crippen MR) is 130 cm³/mol. The fourth-order valence-corrected chi connectivity index (χ4v) is 4.96. The summed E-state index contributed by atoms with van der Waals surface area (Å²) < 4.78 is 5.39. The van der Waals surface area contributed by atoms with E-state index in [4.69, 9.17) is 4.74 Å². The molecular formula is C27H29N3O3. The maximum absolute atomic E-state index is 12.7. The first-order chi connectivity index (χ1) is 16.1. The summed E-state index contributed by atoms with van der Waals surface area (Å²) in [7, 11) is 1.69. The molecule has 1 N–H and O–H groups in total. The van der Waals surface area contributed by atoms with Gasteiger partial charge in [-0.3, -0.25) is 9.59 Å². The Hall–Kier alpha value is -3.54. The minimum atomic E-state index is 0.0489. The topological polar surface area (TPSA) is 65.6 Å². The highest BCUT2D eigenvalue weighted by molar-refractivity contribution is 5.95. The number of aromatic amines is 1. The molecular weight excluding hydrogens is 414 g/mol. The molecule has 0 bridgehead atoms. The Bertz CT molecular complexity index is 1190. The van der Waals surface area contributed by atoms with Gasteiger partial charge in [0.15, 0.2) is 0 Å². The molecule has 0 aliphatic carbocycles. The molecule has 0 saturated carbocycles. The highest BCUT2D eigenvalue weighted by Gasteiger charge is 2.25. The molecule has 1 aromatic heterocycles. The van der Waals surface area contributed by atoms with Crippen molar-refractivity contribution in [3.05, 3.63) is 65.9 Å². The van der Waals surface area contributed by atoms with Gasteiger partial charge in [-0.15, -0.1) is 0 Å². The number of nitrogens with zero attached hydrogens (tertiary/aromatic N) is 2. The highest BCUT2D eigenvalue weighted by atomic mass is 16.5. The average Bonchev–Trinajstić information content (AvgIpc) is 3.48. The van der Waals surface area contributed by atoms with Crippen LogP contribution in [-0.4, -0.2) is 48.4 Å². The fraction of sp³-hybridized carbons (Fsp3) is 0.333. The van der Waals surface area contributed by atoms with E-state index in [1.807, 2.05) is 46.2 Å². The maximum Gasteiger partial charge on any atom is 0.246 e. The van der Waals surface area contributed by atoms with Crippen LogP contribution in [0.2, 0.25) is 0 Å². The van der Waals surface area contributed by atoms with Gasteiger partial charge in [0.05, 0.1) is 7.11 Å². The Morgan fingerprint density at radius 1 is 1.09 bits per heavy atom. The van der Waals surface area contributed by atoms with Gasteiger partial charge in [-0.2, -0.15) is 0 Å². The second kappa shape index (κ2) is 9.14. The Balaban J connectivity index is 1.19. The molecule has 2 saturated heterocycles. The van der Waals surface area contributed by atoms with Crippen LogP contribution in [0.15, 0.2) is 54.7 Å². The number of piperidine rings is 1. The molecule has 33 heavy (non-hydrogen) atoms. The van der Waals surface area contributed by atoms with E-state index >= 15 is 0 Å². The van der Waals surface area contributed by atoms with Crippen molar-refractivity contribution in [3.63, 3.8) is 0 Å². The van der Waals surface area contributed by atoms with Crippen LogP contribution in [0.4, 0.5) is 5.69 Å². The summed E-state index contributed by atoms with van der Waals surface area (Å²) in [6.45, 7) is 2.29. The summed E-state index contributed by atoms with van der Waals surface area (Å²) in [6.07, 6.45) is 9.06. The molecule has 3 heterocycles. The Labute approximate surface area is 193 Å². The van der Waals surface area contributed by atoms with Crippen LogP contribution >= 0.6 is 0 Å². The monoisotopic (exact) mass is 443 g/mol. The highest BCUT2D eigenvalue weighted by Crippen LogP contribution is 2.34. The molecule has 6 nitrogen and oxygen atoms in total. The third-order valence-corrected chi connectivity index (χ3v) is 6.86. The average molecular weight is 444 g/mol. The van der Waals surface area contributed by atoms with Crippen molar-refractivity contribution >= 4 is 34.5 Å². The molecule has 170 valence electrons. The van der Waals surface area contributed by atoms with Crippen molar-refractivity contribution in [2.24, 2.45) is 0 Å². The second-order valence-electron chi connectivity index (χ2n) is 8.83. The number of methoxy groups -OCH3 is 1. The normalized spacial score (nSPS) is 17.4. The number of hydrogen-bond acceptors (Lipinski definition) is 3. The number of rotatable bonds is 5. The van der Waals surface area contributed by atoms with E-state index in [1.165, 1.54) is 10.9 Å². The van der Waals surface area contributed by atoms with Gasteiger partial charge in [0.25, 0.3) is 0 Å². The number of anilines is 1. The lowest BCUT2D eigenvalue weighted by Crippen LogP contribution is -2.36. The number of nitrogens with one attached hydrogen (secondary N) is 1. The molecule has 5 rings (SSSR count). The van der Waals surface area contributed by atoms with Crippen molar-refractivity contribution in [3.8, 4) is 5.75 Å². The number of likely N-dealkylation sites (tertiary alicyclic amines) is 1. The Morgan fingerprint density at radius 2 is 1.88 bits per heavy atom. The van der Waals surface area contributed by atoms with E-state index in [2.05, 4.69) is 23.3 Å². The first kappa shape index (κ1) is 21.3. The number of aromatic nitrogens is 1. The first-order valence-corrected chi connectivity index (χ1v) is 11.6. The summed E-state index contributed by atoms with van der Waals surface area (Å²) in [5.74, 6) is 1.53. The van der Waals surface area contributed by atoms with Crippen LogP contribution in [-0.2, 0) is 9.59 Å². The molecule has 6 heteroatoms. The van der Waals surface area contributed by atoms with Gasteiger partial charge >= 0.3 is 0 Å². The summed E-state index contributed by atoms with van der Waals surface area (Å²) in [6, 6.07) is 13.9. The number of ether oxygens (including phenoxy) is 1. The zero-order valence-electron chi connectivity index (χ0n) is 18.9. The number of carbonyl (C=O) groups is 2. The molecule has 0 spiro atoms. The van der Waals surface area contributed by atoms with Crippen LogP contribution < -0.4 is 9.64 Å². The smallest absolute Gasteiger partial charge is 0.246 e. The fourth-order valence-electron chi connectivity index (χ4n) is 4.96. The summed E-state index contributed by atoms with van der Waals surface area (Å²) in [5, 5.41) is 1.21. The number of hydrogen-bond donors (Lipinski definition) is 1. The molecule has 2 aromatic carbocycles.